The monoisotopic (exact) mass is 497 g/mol. The van der Waals surface area contributed by atoms with Crippen LogP contribution in [-0.4, -0.2) is 38.5 Å². The Morgan fingerprint density at radius 1 is 1.27 bits per heavy atom. The van der Waals surface area contributed by atoms with Gasteiger partial charge in [0.25, 0.3) is 0 Å². The Kier molecular flexibility index (Phi) is 7.64. The van der Waals surface area contributed by atoms with Gasteiger partial charge in [0, 0.05) is 31.5 Å². The Balaban J connectivity index is 0.00000102. The van der Waals surface area contributed by atoms with Crippen molar-refractivity contribution in [3.05, 3.63) is 83.6 Å². The number of fused-ring (bicyclic) bond motifs is 1. The van der Waals surface area contributed by atoms with Gasteiger partial charge in [-0.25, -0.2) is 14.4 Å². The van der Waals surface area contributed by atoms with Gasteiger partial charge in [-0.1, -0.05) is 18.2 Å². The van der Waals surface area contributed by atoms with E-state index in [0.29, 0.717) is 41.4 Å². The van der Waals surface area contributed by atoms with Gasteiger partial charge in [-0.3, -0.25) is 9.48 Å². The number of nitrogens with one attached hydrogen (secondary N) is 1. The van der Waals surface area contributed by atoms with Crippen molar-refractivity contribution in [3.8, 4) is 17.3 Å². The minimum atomic E-state index is -0.411. The van der Waals surface area contributed by atoms with Crippen LogP contribution in [0.4, 0.5) is 21.7 Å². The van der Waals surface area contributed by atoms with Crippen molar-refractivity contribution in [1.29, 1.82) is 5.26 Å². The highest BCUT2D eigenvalue weighted by Gasteiger charge is 2.29. The highest BCUT2D eigenvalue weighted by Crippen LogP contribution is 2.36. The van der Waals surface area contributed by atoms with E-state index in [1.807, 2.05) is 19.3 Å². The molecule has 0 saturated heterocycles. The van der Waals surface area contributed by atoms with E-state index in [-0.39, 0.29) is 12.3 Å². The fourth-order valence-corrected chi connectivity index (χ4v) is 4.13. The molecule has 37 heavy (non-hydrogen) atoms. The van der Waals surface area contributed by atoms with Crippen LogP contribution >= 0.6 is 0 Å². The van der Waals surface area contributed by atoms with Gasteiger partial charge in [-0.15, -0.1) is 0 Å². The second kappa shape index (κ2) is 11.2. The number of rotatable bonds is 5. The Hall–Kier alpha value is -4.91. The lowest BCUT2D eigenvalue weighted by atomic mass is 10.0. The fourth-order valence-electron chi connectivity index (χ4n) is 4.13. The van der Waals surface area contributed by atoms with Crippen LogP contribution in [-0.2, 0) is 29.5 Å². The van der Waals surface area contributed by atoms with Gasteiger partial charge in [0.1, 0.15) is 18.2 Å². The molecule has 1 N–H and O–H groups in total. The summed E-state index contributed by atoms with van der Waals surface area (Å²) in [6.07, 6.45) is 6.42. The molecule has 0 aliphatic carbocycles. The number of carbonyl (C=O) groups excluding carboxylic acids is 2. The van der Waals surface area contributed by atoms with Gasteiger partial charge in [0.15, 0.2) is 0 Å². The van der Waals surface area contributed by atoms with Crippen molar-refractivity contribution in [2.24, 2.45) is 7.05 Å². The summed E-state index contributed by atoms with van der Waals surface area (Å²) in [7, 11) is 1.82. The SMILES string of the molecule is CC=O.Cn1cc(Nc2nccc(-c3cc(C#N)c4c(c3)CCN4C(=O)Cc3ccccc3F)n2)cn1. The third kappa shape index (κ3) is 5.67. The van der Waals surface area contributed by atoms with Crippen LogP contribution in [0.3, 0.4) is 0 Å². The van der Waals surface area contributed by atoms with Crippen LogP contribution in [0, 0.1) is 17.1 Å². The van der Waals surface area contributed by atoms with Crippen molar-refractivity contribution < 1.29 is 14.0 Å². The molecule has 9 nitrogen and oxygen atoms in total. The number of benzene rings is 2. The standard InChI is InChI=1S/C25H20FN7O.C2H4O/c1-32-15-20(14-29-32)30-25-28-8-6-22(31-25)18-10-17-7-9-33(24(17)19(11-18)13-27)23(34)12-16-4-2-3-5-21(16)26;1-2-3/h2-6,8,10-11,14-15H,7,9,12H2,1H3,(H,28,30,31);2H,1H3. The molecule has 0 spiro atoms. The quantitative estimate of drug-likeness (QED) is 0.415. The number of halogens is 1. The molecule has 3 heterocycles. The maximum atomic E-state index is 14.0. The Morgan fingerprint density at radius 3 is 2.76 bits per heavy atom. The van der Waals surface area contributed by atoms with Gasteiger partial charge >= 0.3 is 0 Å². The number of hydrogen-bond donors (Lipinski definition) is 1. The number of hydrogen-bond acceptors (Lipinski definition) is 7. The van der Waals surface area contributed by atoms with Crippen LogP contribution in [0.15, 0.2) is 61.1 Å². The van der Waals surface area contributed by atoms with Crippen LogP contribution in [0.25, 0.3) is 11.3 Å². The second-order valence-corrected chi connectivity index (χ2v) is 8.24. The minimum absolute atomic E-state index is 0.0615. The van der Waals surface area contributed by atoms with E-state index in [1.165, 1.54) is 13.0 Å². The van der Waals surface area contributed by atoms with Crippen LogP contribution in [0.5, 0.6) is 0 Å². The first-order chi connectivity index (χ1) is 17.9. The maximum absolute atomic E-state index is 14.0. The molecule has 5 rings (SSSR count). The van der Waals surface area contributed by atoms with Crippen molar-refractivity contribution in [3.63, 3.8) is 0 Å². The molecule has 186 valence electrons. The molecule has 1 amide bonds. The van der Waals surface area contributed by atoms with E-state index < -0.39 is 5.82 Å². The highest BCUT2D eigenvalue weighted by atomic mass is 19.1. The summed E-state index contributed by atoms with van der Waals surface area (Å²) in [5.41, 5.74) is 4.37. The number of aryl methyl sites for hydroxylation is 1. The first-order valence-corrected chi connectivity index (χ1v) is 11.5. The number of nitrogens with zero attached hydrogens (tertiary/aromatic N) is 6. The maximum Gasteiger partial charge on any atom is 0.231 e. The van der Waals surface area contributed by atoms with Gasteiger partial charge in [-0.2, -0.15) is 10.4 Å². The predicted molar refractivity (Wildman–Crippen MR) is 137 cm³/mol. The third-order valence-electron chi connectivity index (χ3n) is 5.70. The summed E-state index contributed by atoms with van der Waals surface area (Å²) in [6.45, 7) is 1.89. The third-order valence-corrected chi connectivity index (χ3v) is 5.70. The average molecular weight is 498 g/mol. The average Bonchev–Trinajstić information content (AvgIpc) is 3.51. The Morgan fingerprint density at radius 2 is 2.05 bits per heavy atom. The Labute approximate surface area is 213 Å². The van der Waals surface area contributed by atoms with E-state index in [0.717, 1.165) is 23.1 Å². The topological polar surface area (TPSA) is 117 Å². The molecule has 2 aromatic carbocycles. The van der Waals surface area contributed by atoms with Crippen molar-refractivity contribution in [2.75, 3.05) is 16.8 Å². The molecular formula is C27H24FN7O2. The zero-order valence-corrected chi connectivity index (χ0v) is 20.3. The summed E-state index contributed by atoms with van der Waals surface area (Å²) in [6, 6.07) is 13.9. The van der Waals surface area contributed by atoms with E-state index in [1.54, 1.807) is 52.3 Å². The lowest BCUT2D eigenvalue weighted by molar-refractivity contribution is -0.118. The highest BCUT2D eigenvalue weighted by molar-refractivity contribution is 5.98. The molecule has 0 unspecified atom stereocenters. The molecule has 10 heteroatoms. The smallest absolute Gasteiger partial charge is 0.231 e. The largest absolute Gasteiger partial charge is 0.321 e. The lowest BCUT2D eigenvalue weighted by Crippen LogP contribution is -2.31. The molecule has 0 atom stereocenters. The first kappa shape index (κ1) is 25.2. The molecule has 1 aliphatic rings. The molecule has 0 radical (unpaired) electrons. The molecule has 0 fully saturated rings. The van der Waals surface area contributed by atoms with Crippen LogP contribution in [0.1, 0.15) is 23.6 Å². The number of carbonyl (C=O) groups is 2. The molecule has 1 aliphatic heterocycles. The molecular weight excluding hydrogens is 473 g/mol. The van der Waals surface area contributed by atoms with E-state index in [2.05, 4.69) is 26.5 Å². The van der Waals surface area contributed by atoms with Crippen molar-refractivity contribution >= 4 is 29.5 Å². The predicted octanol–water partition coefficient (Wildman–Crippen LogP) is 3.97. The first-order valence-electron chi connectivity index (χ1n) is 11.5. The van der Waals surface area contributed by atoms with E-state index >= 15 is 0 Å². The Bertz CT molecular complexity index is 1490. The molecule has 0 saturated carbocycles. The number of aldehydes is 1. The number of aromatic nitrogens is 4. The van der Waals surface area contributed by atoms with Crippen molar-refractivity contribution in [2.45, 2.75) is 19.8 Å². The van der Waals surface area contributed by atoms with Gasteiger partial charge in [0.2, 0.25) is 11.9 Å². The number of anilines is 3. The minimum Gasteiger partial charge on any atom is -0.321 e. The van der Waals surface area contributed by atoms with Crippen molar-refractivity contribution in [1.82, 2.24) is 19.7 Å². The zero-order chi connectivity index (χ0) is 26.4. The summed E-state index contributed by atoms with van der Waals surface area (Å²) >= 11 is 0. The summed E-state index contributed by atoms with van der Waals surface area (Å²) in [4.78, 5) is 32.2. The molecule has 2 aromatic heterocycles. The van der Waals surface area contributed by atoms with Crippen LogP contribution < -0.4 is 10.2 Å². The lowest BCUT2D eigenvalue weighted by Gasteiger charge is -2.19. The fraction of sp³-hybridized carbons (Fsp3) is 0.185. The summed E-state index contributed by atoms with van der Waals surface area (Å²) < 4.78 is 15.7. The molecule has 4 aromatic rings. The molecule has 0 bridgehead atoms. The zero-order valence-electron chi connectivity index (χ0n) is 20.3. The number of nitriles is 1. The van der Waals surface area contributed by atoms with Crippen LogP contribution in [0.2, 0.25) is 0 Å². The number of amides is 1. The second-order valence-electron chi connectivity index (χ2n) is 8.24. The summed E-state index contributed by atoms with van der Waals surface area (Å²) in [5, 5.41) is 17.1. The van der Waals surface area contributed by atoms with E-state index in [9.17, 15) is 14.4 Å². The van der Waals surface area contributed by atoms with E-state index in [4.69, 9.17) is 4.79 Å². The van der Waals surface area contributed by atoms with Gasteiger partial charge in [0.05, 0.1) is 35.2 Å². The normalized spacial score (nSPS) is 11.7. The van der Waals surface area contributed by atoms with Gasteiger partial charge < -0.3 is 15.0 Å². The van der Waals surface area contributed by atoms with Gasteiger partial charge in [-0.05, 0) is 48.7 Å². The summed E-state index contributed by atoms with van der Waals surface area (Å²) in [5.74, 6) is -0.241.